The van der Waals surface area contributed by atoms with Crippen LogP contribution < -0.4 is 16.3 Å². The molecule has 0 unspecified atom stereocenters. The average molecular weight is 608 g/mol. The van der Waals surface area contributed by atoms with Crippen molar-refractivity contribution < 1.29 is 17.6 Å². The van der Waals surface area contributed by atoms with E-state index in [0.717, 1.165) is 10.8 Å². The summed E-state index contributed by atoms with van der Waals surface area (Å²) in [5.74, 6) is -1.13. The van der Waals surface area contributed by atoms with Gasteiger partial charge >= 0.3 is 5.69 Å². The molecule has 0 aromatic carbocycles. The molecule has 15 heteroatoms. The van der Waals surface area contributed by atoms with E-state index in [1.807, 2.05) is 20.8 Å². The van der Waals surface area contributed by atoms with Crippen molar-refractivity contribution in [3.8, 4) is 17.1 Å². The Balaban J connectivity index is 1.88. The van der Waals surface area contributed by atoms with Gasteiger partial charge < -0.3 is 15.5 Å². The van der Waals surface area contributed by atoms with Crippen LogP contribution in [0.3, 0.4) is 0 Å². The summed E-state index contributed by atoms with van der Waals surface area (Å²) in [7, 11) is -3.95. The molecule has 4 aromatic rings. The lowest BCUT2D eigenvalue weighted by Gasteiger charge is -2.40. The molecule has 0 aliphatic carbocycles. The van der Waals surface area contributed by atoms with Crippen molar-refractivity contribution in [3.05, 3.63) is 65.4 Å². The third kappa shape index (κ3) is 5.31. The van der Waals surface area contributed by atoms with Crippen LogP contribution in [0.25, 0.3) is 28.1 Å². The molecule has 5 heterocycles. The number of nitrogens with two attached hydrogens (primary N) is 1. The zero-order chi connectivity index (χ0) is 31.2. The number of nitrogens with zero attached hydrogens (tertiary/aromatic N) is 8. The lowest BCUT2D eigenvalue weighted by Crippen LogP contribution is -2.54. The normalized spacial score (nSPS) is 15.7. The molecule has 43 heavy (non-hydrogen) atoms. The minimum absolute atomic E-state index is 0.00436. The molecule has 13 nitrogen and oxygen atoms in total. The maximum atomic E-state index is 15.9. The highest BCUT2D eigenvalue weighted by molar-refractivity contribution is 7.90. The summed E-state index contributed by atoms with van der Waals surface area (Å²) < 4.78 is 42.8. The number of carbonyl (C=O) groups is 1. The SMILES string of the molecule is C=CC(=O)N1CCN(c2nc(=O)n(-c3c(C(C)C)ccnc3S(C)(=O)=O)c3nc(-c4ncncc4N)c(F)cc23)[C@@H](C)C1. The molecular formula is C28H30FN9O4S. The van der Waals surface area contributed by atoms with Crippen molar-refractivity contribution in [2.45, 2.75) is 37.8 Å². The van der Waals surface area contributed by atoms with Gasteiger partial charge in [-0.3, -0.25) is 4.79 Å². The van der Waals surface area contributed by atoms with Crippen LogP contribution in [0.5, 0.6) is 0 Å². The fraction of sp³-hybridized carbons (Fsp3) is 0.321. The highest BCUT2D eigenvalue weighted by Crippen LogP contribution is 2.34. The summed E-state index contributed by atoms with van der Waals surface area (Å²) in [6.45, 7) is 9.97. The third-order valence-corrected chi connectivity index (χ3v) is 8.27. The number of hydrogen-bond donors (Lipinski definition) is 1. The zero-order valence-electron chi connectivity index (χ0n) is 24.0. The van der Waals surface area contributed by atoms with Gasteiger partial charge in [0.25, 0.3) is 0 Å². The summed E-state index contributed by atoms with van der Waals surface area (Å²) in [4.78, 5) is 50.7. The maximum Gasteiger partial charge on any atom is 0.355 e. The average Bonchev–Trinajstić information content (AvgIpc) is 2.96. The number of nitrogen functional groups attached to an aromatic ring is 1. The Labute approximate surface area is 246 Å². The lowest BCUT2D eigenvalue weighted by molar-refractivity contribution is -0.126. The molecule has 2 N–H and O–H groups in total. The Morgan fingerprint density at radius 2 is 1.95 bits per heavy atom. The number of rotatable bonds is 6. The minimum atomic E-state index is -3.95. The first-order chi connectivity index (χ1) is 20.3. The molecule has 4 aromatic heterocycles. The molecule has 1 aliphatic rings. The Morgan fingerprint density at radius 1 is 1.21 bits per heavy atom. The molecule has 1 amide bonds. The molecule has 0 radical (unpaired) electrons. The molecule has 0 saturated carbocycles. The fourth-order valence-corrected chi connectivity index (χ4v) is 6.06. The lowest BCUT2D eigenvalue weighted by atomic mass is 10.0. The van der Waals surface area contributed by atoms with E-state index in [1.165, 1.54) is 30.9 Å². The van der Waals surface area contributed by atoms with E-state index in [4.69, 9.17) is 5.73 Å². The van der Waals surface area contributed by atoms with E-state index in [1.54, 1.807) is 15.9 Å². The Bertz CT molecular complexity index is 1940. The van der Waals surface area contributed by atoms with Crippen LogP contribution in [-0.4, -0.2) is 80.6 Å². The van der Waals surface area contributed by atoms with E-state index in [-0.39, 0.29) is 69.1 Å². The van der Waals surface area contributed by atoms with E-state index in [2.05, 4.69) is 31.5 Å². The zero-order valence-corrected chi connectivity index (χ0v) is 24.8. The predicted molar refractivity (Wildman–Crippen MR) is 159 cm³/mol. The Hall–Kier alpha value is -4.79. The number of carbonyl (C=O) groups excluding carboxylic acids is 1. The van der Waals surface area contributed by atoms with Gasteiger partial charge in [-0.2, -0.15) is 4.98 Å². The van der Waals surface area contributed by atoms with Gasteiger partial charge in [0.15, 0.2) is 26.3 Å². The summed E-state index contributed by atoms with van der Waals surface area (Å²) in [6.07, 6.45) is 6.06. The monoisotopic (exact) mass is 607 g/mol. The van der Waals surface area contributed by atoms with Crippen molar-refractivity contribution in [1.82, 2.24) is 34.4 Å². The molecule has 0 spiro atoms. The number of piperazine rings is 1. The number of anilines is 2. The number of pyridine rings is 2. The van der Waals surface area contributed by atoms with Gasteiger partial charge in [-0.25, -0.2) is 42.1 Å². The van der Waals surface area contributed by atoms with Gasteiger partial charge in [-0.15, -0.1) is 0 Å². The summed E-state index contributed by atoms with van der Waals surface area (Å²) in [6, 6.07) is 2.47. The van der Waals surface area contributed by atoms with Gasteiger partial charge in [0, 0.05) is 38.1 Å². The van der Waals surface area contributed by atoms with Crippen LogP contribution in [0.4, 0.5) is 15.9 Å². The standard InChI is InChI=1S/C28H30FN9O4S/c1-6-21(39)36-9-10-37(16(4)13-36)25-18-11-19(29)22(23-20(30)12-31-14-33-23)34-26(18)38(28(40)35-25)24-17(15(2)3)7-8-32-27(24)43(5,41)42/h6-8,11-12,14-16H,1,9-10,13,30H2,2-5H3/t16-/m0/s1. The van der Waals surface area contributed by atoms with Gasteiger partial charge in [0.05, 0.1) is 23.0 Å². The third-order valence-electron chi connectivity index (χ3n) is 7.27. The molecule has 5 rings (SSSR count). The fourth-order valence-electron chi connectivity index (χ4n) is 5.24. The Morgan fingerprint density at radius 3 is 2.58 bits per heavy atom. The molecule has 1 aliphatic heterocycles. The molecule has 224 valence electrons. The second-order valence-corrected chi connectivity index (χ2v) is 12.5. The topological polar surface area (TPSA) is 170 Å². The second-order valence-electron chi connectivity index (χ2n) is 10.6. The summed E-state index contributed by atoms with van der Waals surface area (Å²) >= 11 is 0. The van der Waals surface area contributed by atoms with Gasteiger partial charge in [0.2, 0.25) is 5.91 Å². The quantitative estimate of drug-likeness (QED) is 0.318. The molecule has 1 atom stereocenters. The van der Waals surface area contributed by atoms with Crippen LogP contribution in [-0.2, 0) is 14.6 Å². The number of aromatic nitrogens is 6. The van der Waals surface area contributed by atoms with Gasteiger partial charge in [-0.05, 0) is 36.6 Å². The second kappa shape index (κ2) is 11.1. The highest BCUT2D eigenvalue weighted by Gasteiger charge is 2.32. The maximum absolute atomic E-state index is 15.9. The van der Waals surface area contributed by atoms with Gasteiger partial charge in [0.1, 0.15) is 23.5 Å². The van der Waals surface area contributed by atoms with Crippen molar-refractivity contribution in [1.29, 1.82) is 0 Å². The molecule has 1 saturated heterocycles. The number of sulfone groups is 1. The van der Waals surface area contributed by atoms with E-state index in [9.17, 15) is 18.0 Å². The first kappa shape index (κ1) is 29.7. The first-order valence-corrected chi connectivity index (χ1v) is 15.3. The van der Waals surface area contributed by atoms with Crippen molar-refractivity contribution in [3.63, 3.8) is 0 Å². The predicted octanol–water partition coefficient (Wildman–Crippen LogP) is 2.10. The summed E-state index contributed by atoms with van der Waals surface area (Å²) in [5, 5.41) is -0.211. The molecule has 0 bridgehead atoms. The number of fused-ring (bicyclic) bond motifs is 1. The highest BCUT2D eigenvalue weighted by atomic mass is 32.2. The minimum Gasteiger partial charge on any atom is -0.396 e. The molecule has 1 fully saturated rings. The largest absolute Gasteiger partial charge is 0.396 e. The van der Waals surface area contributed by atoms with Crippen LogP contribution in [0.1, 0.15) is 32.3 Å². The van der Waals surface area contributed by atoms with Crippen molar-refractivity contribution in [2.24, 2.45) is 0 Å². The van der Waals surface area contributed by atoms with E-state index in [0.29, 0.717) is 18.7 Å². The Kier molecular flexibility index (Phi) is 7.69. The van der Waals surface area contributed by atoms with E-state index < -0.39 is 21.3 Å². The van der Waals surface area contributed by atoms with Crippen LogP contribution in [0.15, 0.2) is 53.3 Å². The number of amides is 1. The summed E-state index contributed by atoms with van der Waals surface area (Å²) in [5.41, 5.74) is 5.39. The van der Waals surface area contributed by atoms with Gasteiger partial charge in [-0.1, -0.05) is 20.4 Å². The van der Waals surface area contributed by atoms with Crippen molar-refractivity contribution >= 4 is 38.3 Å². The van der Waals surface area contributed by atoms with Crippen LogP contribution in [0.2, 0.25) is 0 Å². The van der Waals surface area contributed by atoms with Crippen molar-refractivity contribution in [2.75, 3.05) is 36.5 Å². The van der Waals surface area contributed by atoms with Crippen LogP contribution >= 0.6 is 0 Å². The van der Waals surface area contributed by atoms with Crippen LogP contribution in [0, 0.1) is 5.82 Å². The first-order valence-electron chi connectivity index (χ1n) is 13.4. The number of halogens is 1. The number of hydrogen-bond acceptors (Lipinski definition) is 11. The van der Waals surface area contributed by atoms with E-state index >= 15 is 4.39 Å². The smallest absolute Gasteiger partial charge is 0.355 e. The molecular weight excluding hydrogens is 577 g/mol.